The van der Waals surface area contributed by atoms with Gasteiger partial charge in [-0.15, -0.1) is 12.4 Å². The Kier molecular flexibility index (Phi) is 9.75. The van der Waals surface area contributed by atoms with Crippen LogP contribution in [0.4, 0.5) is 35.5 Å². The molecule has 212 valence electrons. The molecule has 2 aromatic rings. The zero-order valence-electron chi connectivity index (χ0n) is 21.6. The summed E-state index contributed by atoms with van der Waals surface area (Å²) in [4.78, 5) is 18.4. The maximum atomic E-state index is 13.8. The van der Waals surface area contributed by atoms with Gasteiger partial charge in [-0.1, -0.05) is 6.07 Å². The fourth-order valence-electron chi connectivity index (χ4n) is 4.76. The highest BCUT2D eigenvalue weighted by Crippen LogP contribution is 2.39. The molecule has 2 aromatic carbocycles. The highest BCUT2D eigenvalue weighted by Gasteiger charge is 2.39. The van der Waals surface area contributed by atoms with Crippen LogP contribution in [0.1, 0.15) is 59.7 Å². The van der Waals surface area contributed by atoms with Crippen molar-refractivity contribution >= 4 is 18.4 Å². The van der Waals surface area contributed by atoms with Crippen molar-refractivity contribution < 1.29 is 35.5 Å². The molecule has 0 bridgehead atoms. The fourth-order valence-corrected chi connectivity index (χ4v) is 4.76. The summed E-state index contributed by atoms with van der Waals surface area (Å²) in [5.41, 5.74) is -1.77. The minimum Gasteiger partial charge on any atom is -0.321 e. The maximum absolute atomic E-state index is 13.8. The zero-order valence-corrected chi connectivity index (χ0v) is 22.4. The van der Waals surface area contributed by atoms with E-state index in [1.165, 1.54) is 26.1 Å². The Labute approximate surface area is 223 Å². The Morgan fingerprint density at radius 2 is 1.53 bits per heavy atom. The monoisotopic (exact) mass is 569 g/mol. The largest absolute Gasteiger partial charge is 0.416 e. The number of aryl methyl sites for hydroxylation is 1. The van der Waals surface area contributed by atoms with Gasteiger partial charge in [0.2, 0.25) is 0 Å². The molecule has 0 spiro atoms. The summed E-state index contributed by atoms with van der Waals surface area (Å²) in [6.07, 6.45) is -8.82. The topological polar surface area (TPSA) is 26.8 Å². The number of amides is 2. The first-order valence-corrected chi connectivity index (χ1v) is 11.8. The first kappa shape index (κ1) is 31.7. The standard InChI is InChI=1S/C26H30F7N3O.ClH/c1-15-10-20(27)6-7-22(15)23-14-21(34(3)4)8-9-36(23)24(37)35(5)16(2)17-11-18(25(28,29)30)13-19(12-17)26(31,32)33;/h6-7,10-13,16,21,23H,8-9,14H2,1-5H3;1H/t16-,21-,23-;/m1./s1. The molecular weight excluding hydrogens is 539 g/mol. The minimum absolute atomic E-state index is 0. The first-order valence-electron chi connectivity index (χ1n) is 11.8. The first-order chi connectivity index (χ1) is 17.0. The number of nitrogens with zero attached hydrogens (tertiary/aromatic N) is 3. The van der Waals surface area contributed by atoms with Crippen LogP contribution in [0.15, 0.2) is 36.4 Å². The molecule has 1 heterocycles. The summed E-state index contributed by atoms with van der Waals surface area (Å²) >= 11 is 0. The van der Waals surface area contributed by atoms with Crippen LogP contribution < -0.4 is 0 Å². The van der Waals surface area contributed by atoms with E-state index in [1.54, 1.807) is 17.9 Å². The molecule has 3 atom stereocenters. The normalized spacial score (nSPS) is 19.2. The molecule has 12 heteroatoms. The number of hydrogen-bond acceptors (Lipinski definition) is 2. The third kappa shape index (κ3) is 6.91. The molecular formula is C26H31ClF7N3O. The molecule has 0 aromatic heterocycles. The summed E-state index contributed by atoms with van der Waals surface area (Å²) in [6.45, 7) is 3.43. The average Bonchev–Trinajstić information content (AvgIpc) is 2.81. The molecule has 4 nitrogen and oxygen atoms in total. The summed E-state index contributed by atoms with van der Waals surface area (Å²) in [5.74, 6) is -0.421. The zero-order chi connectivity index (χ0) is 27.9. The van der Waals surface area contributed by atoms with E-state index in [4.69, 9.17) is 0 Å². The lowest BCUT2D eigenvalue weighted by molar-refractivity contribution is -0.143. The third-order valence-electron chi connectivity index (χ3n) is 7.12. The van der Waals surface area contributed by atoms with Crippen LogP contribution in [0.5, 0.6) is 0 Å². The summed E-state index contributed by atoms with van der Waals surface area (Å²) in [6, 6.07) is 3.68. The van der Waals surface area contributed by atoms with Crippen molar-refractivity contribution in [2.75, 3.05) is 27.7 Å². The van der Waals surface area contributed by atoms with Gasteiger partial charge in [0.05, 0.1) is 23.2 Å². The Bertz CT molecular complexity index is 1100. The number of carbonyl (C=O) groups excluding carboxylic acids is 1. The molecule has 0 aliphatic carbocycles. The van der Waals surface area contributed by atoms with Crippen LogP contribution in [-0.4, -0.2) is 54.5 Å². The minimum atomic E-state index is -4.99. The lowest BCUT2D eigenvalue weighted by Gasteiger charge is -2.44. The number of piperidine rings is 1. The Balaban J connectivity index is 0.00000507. The van der Waals surface area contributed by atoms with Gasteiger partial charge < -0.3 is 14.7 Å². The van der Waals surface area contributed by atoms with Gasteiger partial charge in [0, 0.05) is 19.6 Å². The smallest absolute Gasteiger partial charge is 0.321 e. The Hall–Kier alpha value is -2.53. The van der Waals surface area contributed by atoms with Crippen LogP contribution in [0.2, 0.25) is 0 Å². The van der Waals surface area contributed by atoms with Crippen LogP contribution in [0, 0.1) is 12.7 Å². The van der Waals surface area contributed by atoms with Gasteiger partial charge in [0.15, 0.2) is 0 Å². The quantitative estimate of drug-likeness (QED) is 0.357. The van der Waals surface area contributed by atoms with Crippen LogP contribution in [-0.2, 0) is 12.4 Å². The van der Waals surface area contributed by atoms with E-state index in [-0.39, 0.29) is 30.1 Å². The van der Waals surface area contributed by atoms with E-state index in [0.29, 0.717) is 37.1 Å². The summed E-state index contributed by atoms with van der Waals surface area (Å²) in [7, 11) is 5.18. The third-order valence-corrected chi connectivity index (χ3v) is 7.12. The number of hydrogen-bond donors (Lipinski definition) is 0. The molecule has 0 saturated carbocycles. The SMILES string of the molecule is Cc1cc(F)ccc1[C@H]1C[C@H](N(C)C)CCN1C(=O)N(C)[C@H](C)c1cc(C(F)(F)F)cc(C(F)(F)F)c1.Cl. The molecule has 0 radical (unpaired) electrons. The predicted molar refractivity (Wildman–Crippen MR) is 133 cm³/mol. The maximum Gasteiger partial charge on any atom is 0.416 e. The summed E-state index contributed by atoms with van der Waals surface area (Å²) < 4.78 is 94.0. The summed E-state index contributed by atoms with van der Waals surface area (Å²) in [5, 5.41) is 0. The lowest BCUT2D eigenvalue weighted by Crippen LogP contribution is -2.50. The van der Waals surface area contributed by atoms with Gasteiger partial charge >= 0.3 is 18.4 Å². The van der Waals surface area contributed by atoms with Gasteiger partial charge in [0.25, 0.3) is 0 Å². The Morgan fingerprint density at radius 1 is 0.974 bits per heavy atom. The van der Waals surface area contributed by atoms with Crippen molar-refractivity contribution in [2.24, 2.45) is 0 Å². The predicted octanol–water partition coefficient (Wildman–Crippen LogP) is 7.47. The second-order valence-corrected chi connectivity index (χ2v) is 9.76. The fraction of sp³-hybridized carbons (Fsp3) is 0.500. The molecule has 1 saturated heterocycles. The number of benzene rings is 2. The number of halogens is 8. The second-order valence-electron chi connectivity index (χ2n) is 9.76. The van der Waals surface area contributed by atoms with Crippen molar-refractivity contribution in [3.63, 3.8) is 0 Å². The van der Waals surface area contributed by atoms with Gasteiger partial charge in [-0.25, -0.2) is 9.18 Å². The van der Waals surface area contributed by atoms with E-state index < -0.39 is 47.4 Å². The highest BCUT2D eigenvalue weighted by atomic mass is 35.5. The van der Waals surface area contributed by atoms with Crippen molar-refractivity contribution in [1.82, 2.24) is 14.7 Å². The molecule has 2 amide bonds. The molecule has 38 heavy (non-hydrogen) atoms. The molecule has 1 fully saturated rings. The van der Waals surface area contributed by atoms with E-state index in [2.05, 4.69) is 0 Å². The van der Waals surface area contributed by atoms with Gasteiger partial charge in [-0.05, 0) is 87.8 Å². The van der Waals surface area contributed by atoms with Crippen molar-refractivity contribution in [3.05, 3.63) is 70.0 Å². The number of alkyl halides is 6. The molecule has 0 unspecified atom stereocenters. The van der Waals surface area contributed by atoms with Crippen molar-refractivity contribution in [1.29, 1.82) is 0 Å². The van der Waals surface area contributed by atoms with Gasteiger partial charge in [-0.2, -0.15) is 26.3 Å². The van der Waals surface area contributed by atoms with E-state index in [9.17, 15) is 35.5 Å². The molecule has 3 rings (SSSR count). The molecule has 0 N–H and O–H groups in total. The Morgan fingerprint density at radius 3 is 2.00 bits per heavy atom. The highest BCUT2D eigenvalue weighted by molar-refractivity contribution is 5.85. The number of carbonyl (C=O) groups is 1. The van der Waals surface area contributed by atoms with Crippen molar-refractivity contribution in [3.8, 4) is 0 Å². The van der Waals surface area contributed by atoms with E-state index in [0.717, 1.165) is 10.5 Å². The average molecular weight is 570 g/mol. The molecule has 1 aliphatic rings. The lowest BCUT2D eigenvalue weighted by atomic mass is 9.89. The van der Waals surface area contributed by atoms with Crippen molar-refractivity contribution in [2.45, 2.75) is 57.2 Å². The van der Waals surface area contributed by atoms with E-state index >= 15 is 0 Å². The van der Waals surface area contributed by atoms with Crippen LogP contribution >= 0.6 is 12.4 Å². The second kappa shape index (κ2) is 11.7. The van der Waals surface area contributed by atoms with E-state index in [1.807, 2.05) is 19.0 Å². The number of urea groups is 1. The number of likely N-dealkylation sites (tertiary alicyclic amines) is 1. The van der Waals surface area contributed by atoms with Crippen LogP contribution in [0.3, 0.4) is 0 Å². The number of rotatable bonds is 4. The van der Waals surface area contributed by atoms with Gasteiger partial charge in [-0.3, -0.25) is 0 Å². The van der Waals surface area contributed by atoms with Gasteiger partial charge in [0.1, 0.15) is 5.82 Å². The van der Waals surface area contributed by atoms with Crippen LogP contribution in [0.25, 0.3) is 0 Å². The molecule has 1 aliphatic heterocycles.